The van der Waals surface area contributed by atoms with Crippen LogP contribution in [0.15, 0.2) is 6.07 Å². The van der Waals surface area contributed by atoms with Gasteiger partial charge in [0.05, 0.1) is 15.9 Å². The van der Waals surface area contributed by atoms with Crippen LogP contribution >= 0.6 is 22.6 Å². The zero-order chi connectivity index (χ0) is 9.26. The van der Waals surface area contributed by atoms with E-state index in [0.717, 1.165) is 3.57 Å². The summed E-state index contributed by atoms with van der Waals surface area (Å²) < 4.78 is 11.6. The van der Waals surface area contributed by atoms with Crippen molar-refractivity contribution in [2.24, 2.45) is 0 Å². The van der Waals surface area contributed by atoms with Crippen molar-refractivity contribution >= 4 is 22.6 Å². The van der Waals surface area contributed by atoms with Crippen molar-refractivity contribution in [2.75, 3.05) is 13.2 Å². The van der Waals surface area contributed by atoms with Gasteiger partial charge in [0, 0.05) is 0 Å². The fraction of sp³-hybridized carbons (Fsp3) is 0.375. The molecule has 1 aromatic rings. The number of rotatable bonds is 1. The van der Waals surface area contributed by atoms with Gasteiger partial charge in [-0.25, -0.2) is 4.98 Å². The summed E-state index contributed by atoms with van der Waals surface area (Å²) in [6, 6.07) is 1.79. The van der Waals surface area contributed by atoms with Gasteiger partial charge in [0.25, 0.3) is 5.88 Å². The summed E-state index contributed by atoms with van der Waals surface area (Å²) in [6.45, 7) is 1.00. The molecule has 0 aromatic carbocycles. The molecule has 1 aliphatic rings. The van der Waals surface area contributed by atoms with E-state index in [1.807, 2.05) is 0 Å². The first-order chi connectivity index (χ1) is 6.31. The van der Waals surface area contributed by atoms with Gasteiger partial charge in [-0.3, -0.25) is 0 Å². The lowest BCUT2D eigenvalue weighted by Gasteiger charge is -2.18. The third-order valence-corrected chi connectivity index (χ3v) is 2.48. The molecule has 1 aliphatic heterocycles. The largest absolute Gasteiger partial charge is 0.483 e. The van der Waals surface area contributed by atoms with E-state index in [1.165, 1.54) is 0 Å². The smallest absolute Gasteiger partial charge is 0.258 e. The Hall–Kier alpha value is -0.560. The number of nitrogens with zero attached hydrogens (tertiary/aromatic N) is 1. The summed E-state index contributed by atoms with van der Waals surface area (Å²) >= 11 is 2.14. The minimum Gasteiger partial charge on any atom is -0.483 e. The first-order valence-corrected chi connectivity index (χ1v) is 4.95. The zero-order valence-corrected chi connectivity index (χ0v) is 8.95. The quantitative estimate of drug-likeness (QED) is 0.783. The molecule has 4 nitrogen and oxygen atoms in total. The van der Waals surface area contributed by atoms with Crippen LogP contribution in [0.3, 0.4) is 0 Å². The normalized spacial score (nSPS) is 14.3. The Morgan fingerprint density at radius 2 is 2.23 bits per heavy atom. The van der Waals surface area contributed by atoms with Crippen molar-refractivity contribution in [3.05, 3.63) is 15.3 Å². The number of aliphatic hydroxyl groups excluding tert-OH is 1. The molecule has 0 amide bonds. The molecular weight excluding hydrogens is 285 g/mol. The van der Waals surface area contributed by atoms with E-state index >= 15 is 0 Å². The topological polar surface area (TPSA) is 51.6 Å². The Morgan fingerprint density at radius 3 is 3.00 bits per heavy atom. The maximum absolute atomic E-state index is 8.90. The Bertz CT molecular complexity index is 329. The monoisotopic (exact) mass is 293 g/mol. The number of hydrogen-bond acceptors (Lipinski definition) is 4. The minimum atomic E-state index is -0.0767. The van der Waals surface area contributed by atoms with E-state index in [-0.39, 0.29) is 6.61 Å². The fourth-order valence-corrected chi connectivity index (χ4v) is 1.86. The molecule has 0 bridgehead atoms. The molecular formula is C8H8INO3. The van der Waals surface area contributed by atoms with Crippen molar-refractivity contribution in [1.29, 1.82) is 0 Å². The summed E-state index contributed by atoms with van der Waals surface area (Å²) in [5.74, 6) is 1.17. The Balaban J connectivity index is 2.47. The Kier molecular flexibility index (Phi) is 2.54. The third kappa shape index (κ3) is 1.71. The van der Waals surface area contributed by atoms with Gasteiger partial charge >= 0.3 is 0 Å². The van der Waals surface area contributed by atoms with Crippen molar-refractivity contribution < 1.29 is 14.6 Å². The van der Waals surface area contributed by atoms with Crippen molar-refractivity contribution in [1.82, 2.24) is 4.98 Å². The highest BCUT2D eigenvalue weighted by molar-refractivity contribution is 14.1. The summed E-state index contributed by atoms with van der Waals surface area (Å²) in [7, 11) is 0. The molecule has 13 heavy (non-hydrogen) atoms. The SMILES string of the molecule is OCc1cc(I)c2c(n1)OCCO2. The van der Waals surface area contributed by atoms with Crippen molar-refractivity contribution in [3.8, 4) is 11.6 Å². The highest BCUT2D eigenvalue weighted by Crippen LogP contribution is 2.33. The standard InChI is InChI=1S/C8H8INO3/c9-6-3-5(4-11)10-8-7(6)12-1-2-13-8/h3,11H,1-2,4H2. The lowest BCUT2D eigenvalue weighted by molar-refractivity contribution is 0.161. The van der Waals surface area contributed by atoms with E-state index in [0.29, 0.717) is 30.5 Å². The molecule has 5 heteroatoms. The van der Waals surface area contributed by atoms with E-state index < -0.39 is 0 Å². The van der Waals surface area contributed by atoms with Gasteiger partial charge in [0.1, 0.15) is 13.2 Å². The molecule has 0 atom stereocenters. The lowest BCUT2D eigenvalue weighted by atomic mass is 10.3. The molecule has 2 heterocycles. The summed E-state index contributed by atoms with van der Waals surface area (Å²) in [4.78, 5) is 4.09. The third-order valence-electron chi connectivity index (χ3n) is 1.68. The predicted octanol–water partition coefficient (Wildman–Crippen LogP) is 0.950. The highest BCUT2D eigenvalue weighted by Gasteiger charge is 2.17. The number of pyridine rings is 1. The van der Waals surface area contributed by atoms with Crippen LogP contribution in [0.25, 0.3) is 0 Å². The van der Waals surface area contributed by atoms with Gasteiger partial charge in [-0.2, -0.15) is 0 Å². The van der Waals surface area contributed by atoms with E-state index in [2.05, 4.69) is 27.6 Å². The maximum atomic E-state index is 8.90. The number of aliphatic hydroxyl groups is 1. The van der Waals surface area contributed by atoms with E-state index in [9.17, 15) is 0 Å². The number of ether oxygens (including phenoxy) is 2. The van der Waals surface area contributed by atoms with Crippen LogP contribution in [-0.2, 0) is 6.61 Å². The maximum Gasteiger partial charge on any atom is 0.258 e. The first kappa shape index (κ1) is 9.01. The van der Waals surface area contributed by atoms with Gasteiger partial charge in [-0.1, -0.05) is 0 Å². The summed E-state index contributed by atoms with van der Waals surface area (Å²) in [5.41, 5.74) is 0.605. The Morgan fingerprint density at radius 1 is 1.46 bits per heavy atom. The molecule has 70 valence electrons. The second kappa shape index (κ2) is 3.67. The highest BCUT2D eigenvalue weighted by atomic mass is 127. The Labute approximate surface area is 89.0 Å². The van der Waals surface area contributed by atoms with Crippen LogP contribution in [0.2, 0.25) is 0 Å². The fourth-order valence-electron chi connectivity index (χ4n) is 1.12. The lowest BCUT2D eigenvalue weighted by Crippen LogP contribution is -2.17. The number of aromatic nitrogens is 1. The van der Waals surface area contributed by atoms with Gasteiger partial charge < -0.3 is 14.6 Å². The summed E-state index contributed by atoms with van der Waals surface area (Å²) in [6.07, 6.45) is 0. The van der Waals surface area contributed by atoms with Crippen LogP contribution in [0.1, 0.15) is 5.69 Å². The average Bonchev–Trinajstić information content (AvgIpc) is 2.18. The first-order valence-electron chi connectivity index (χ1n) is 3.87. The van der Waals surface area contributed by atoms with Gasteiger partial charge in [-0.05, 0) is 28.7 Å². The molecule has 0 radical (unpaired) electrons. The molecule has 1 aromatic heterocycles. The molecule has 0 fully saturated rings. The molecule has 1 N–H and O–H groups in total. The van der Waals surface area contributed by atoms with Crippen LogP contribution < -0.4 is 9.47 Å². The molecule has 0 aliphatic carbocycles. The minimum absolute atomic E-state index is 0.0767. The van der Waals surface area contributed by atoms with Gasteiger partial charge in [0.15, 0.2) is 5.75 Å². The molecule has 2 rings (SSSR count). The van der Waals surface area contributed by atoms with E-state index in [1.54, 1.807) is 6.07 Å². The van der Waals surface area contributed by atoms with Gasteiger partial charge in [-0.15, -0.1) is 0 Å². The molecule has 0 unspecified atom stereocenters. The van der Waals surface area contributed by atoms with Crippen molar-refractivity contribution in [3.63, 3.8) is 0 Å². The second-order valence-corrected chi connectivity index (χ2v) is 3.75. The van der Waals surface area contributed by atoms with Crippen molar-refractivity contribution in [2.45, 2.75) is 6.61 Å². The molecule has 0 saturated heterocycles. The number of halogens is 1. The van der Waals surface area contributed by atoms with E-state index in [4.69, 9.17) is 14.6 Å². The van der Waals surface area contributed by atoms with Crippen LogP contribution in [-0.4, -0.2) is 23.3 Å². The van der Waals surface area contributed by atoms with Crippen LogP contribution in [0.5, 0.6) is 11.6 Å². The second-order valence-electron chi connectivity index (χ2n) is 2.58. The summed E-state index contributed by atoms with van der Waals surface area (Å²) in [5, 5.41) is 8.90. The molecule has 0 spiro atoms. The predicted molar refractivity (Wildman–Crippen MR) is 53.9 cm³/mol. The van der Waals surface area contributed by atoms with Crippen LogP contribution in [0.4, 0.5) is 0 Å². The number of hydrogen-bond donors (Lipinski definition) is 1. The average molecular weight is 293 g/mol. The van der Waals surface area contributed by atoms with Crippen LogP contribution in [0, 0.1) is 3.57 Å². The van der Waals surface area contributed by atoms with Gasteiger partial charge in [0.2, 0.25) is 0 Å². The molecule has 0 saturated carbocycles. The zero-order valence-electron chi connectivity index (χ0n) is 6.79. The number of fused-ring (bicyclic) bond motifs is 1.